The average molecular weight is 393 g/mol. The van der Waals surface area contributed by atoms with Crippen LogP contribution in [-0.4, -0.2) is 29.1 Å². The van der Waals surface area contributed by atoms with Crippen molar-refractivity contribution in [3.8, 4) is 0 Å². The van der Waals surface area contributed by atoms with Crippen molar-refractivity contribution in [3.63, 3.8) is 0 Å². The molecule has 152 valence electrons. The minimum atomic E-state index is -0.504. The molecule has 0 aromatic heterocycles. The van der Waals surface area contributed by atoms with Gasteiger partial charge >= 0.3 is 12.1 Å². The highest BCUT2D eigenvalue weighted by Gasteiger charge is 2.22. The molecule has 5 heteroatoms. The Morgan fingerprint density at radius 1 is 1.07 bits per heavy atom. The summed E-state index contributed by atoms with van der Waals surface area (Å²) in [6, 6.07) is 15.7. The van der Waals surface area contributed by atoms with Gasteiger partial charge in [0.15, 0.2) is 0 Å². The van der Waals surface area contributed by atoms with E-state index >= 15 is 0 Å². The molecular formula is C24H27NO4. The minimum absolute atomic E-state index is 0.275. The fourth-order valence-electron chi connectivity index (χ4n) is 3.14. The second kappa shape index (κ2) is 8.95. The third kappa shape index (κ3) is 6.21. The van der Waals surface area contributed by atoms with E-state index in [0.29, 0.717) is 13.1 Å². The molecule has 0 aliphatic carbocycles. The first kappa shape index (κ1) is 20.6. The summed E-state index contributed by atoms with van der Waals surface area (Å²) in [5.41, 5.74) is 3.69. The van der Waals surface area contributed by atoms with Crippen LogP contribution >= 0.6 is 0 Å². The van der Waals surface area contributed by atoms with E-state index in [1.165, 1.54) is 11.6 Å². The highest BCUT2D eigenvalue weighted by Crippen LogP contribution is 2.22. The van der Waals surface area contributed by atoms with Crippen LogP contribution < -0.4 is 0 Å². The van der Waals surface area contributed by atoms with Gasteiger partial charge in [-0.15, -0.1) is 0 Å². The molecule has 0 bridgehead atoms. The van der Waals surface area contributed by atoms with E-state index in [4.69, 9.17) is 9.47 Å². The van der Waals surface area contributed by atoms with E-state index in [2.05, 4.69) is 6.07 Å². The molecule has 5 nitrogen and oxygen atoms in total. The summed E-state index contributed by atoms with van der Waals surface area (Å²) < 4.78 is 10.7. The zero-order valence-corrected chi connectivity index (χ0v) is 17.2. The third-order valence-corrected chi connectivity index (χ3v) is 4.52. The number of amides is 1. The number of hydrogen-bond acceptors (Lipinski definition) is 4. The Labute approximate surface area is 171 Å². The predicted molar refractivity (Wildman–Crippen MR) is 112 cm³/mol. The van der Waals surface area contributed by atoms with Gasteiger partial charge in [-0.05, 0) is 55.5 Å². The second-order valence-corrected chi connectivity index (χ2v) is 8.11. The summed E-state index contributed by atoms with van der Waals surface area (Å²) in [5, 5.41) is 0. The van der Waals surface area contributed by atoms with Crippen molar-refractivity contribution in [3.05, 3.63) is 76.9 Å². The lowest BCUT2D eigenvalue weighted by atomic mass is 9.97. The highest BCUT2D eigenvalue weighted by molar-refractivity contribution is 5.87. The van der Waals surface area contributed by atoms with Gasteiger partial charge in [0.1, 0.15) is 12.2 Å². The van der Waals surface area contributed by atoms with E-state index in [1.807, 2.05) is 63.2 Å². The summed E-state index contributed by atoms with van der Waals surface area (Å²) in [5.74, 6) is -0.359. The van der Waals surface area contributed by atoms with E-state index < -0.39 is 5.60 Å². The number of nitrogens with zero attached hydrogens (tertiary/aromatic N) is 1. The molecule has 1 amide bonds. The lowest BCUT2D eigenvalue weighted by Crippen LogP contribution is -2.36. The summed E-state index contributed by atoms with van der Waals surface area (Å²) in [6.07, 6.45) is 3.66. The van der Waals surface area contributed by atoms with Gasteiger partial charge in [-0.25, -0.2) is 9.59 Å². The van der Waals surface area contributed by atoms with Gasteiger partial charge in [0.2, 0.25) is 0 Å². The first-order valence-electron chi connectivity index (χ1n) is 9.79. The zero-order chi connectivity index (χ0) is 20.9. The van der Waals surface area contributed by atoms with Crippen molar-refractivity contribution in [1.29, 1.82) is 0 Å². The monoisotopic (exact) mass is 393 g/mol. The van der Waals surface area contributed by atoms with Gasteiger partial charge in [0.25, 0.3) is 0 Å². The quantitative estimate of drug-likeness (QED) is 0.556. The van der Waals surface area contributed by atoms with Gasteiger partial charge in [0.05, 0.1) is 0 Å². The van der Waals surface area contributed by atoms with Gasteiger partial charge in [-0.3, -0.25) is 0 Å². The number of rotatable bonds is 4. The number of ether oxygens (including phenoxy) is 2. The lowest BCUT2D eigenvalue weighted by Gasteiger charge is -2.28. The maximum atomic E-state index is 12.4. The largest absolute Gasteiger partial charge is 0.457 e. The van der Waals surface area contributed by atoms with Crippen LogP contribution in [0.25, 0.3) is 6.08 Å². The first-order chi connectivity index (χ1) is 13.8. The maximum Gasteiger partial charge on any atom is 0.410 e. The van der Waals surface area contributed by atoms with E-state index in [-0.39, 0.29) is 18.7 Å². The molecule has 0 fully saturated rings. The van der Waals surface area contributed by atoms with Crippen LogP contribution in [0.4, 0.5) is 4.79 Å². The standard InChI is InChI=1S/C24H27NO4/c1-24(2,3)29-22(26)12-10-18-9-11-21-16-25(14-13-20(21)15-18)23(27)28-17-19-7-5-4-6-8-19/h4-12,15H,13-14,16-17H2,1-3H3/b12-10+. The van der Waals surface area contributed by atoms with Crippen molar-refractivity contribution in [2.24, 2.45) is 0 Å². The molecule has 3 rings (SSSR count). The summed E-state index contributed by atoms with van der Waals surface area (Å²) in [7, 11) is 0. The number of carbonyl (C=O) groups is 2. The Morgan fingerprint density at radius 2 is 1.83 bits per heavy atom. The van der Waals surface area contributed by atoms with Crippen LogP contribution in [0.3, 0.4) is 0 Å². The van der Waals surface area contributed by atoms with Crippen molar-refractivity contribution < 1.29 is 19.1 Å². The molecule has 0 saturated heterocycles. The van der Waals surface area contributed by atoms with Gasteiger partial charge in [0, 0.05) is 19.2 Å². The maximum absolute atomic E-state index is 12.4. The Bertz CT molecular complexity index is 897. The molecule has 0 unspecified atom stereocenters. The van der Waals surface area contributed by atoms with Crippen molar-refractivity contribution in [2.45, 2.75) is 45.9 Å². The molecule has 29 heavy (non-hydrogen) atoms. The first-order valence-corrected chi connectivity index (χ1v) is 9.79. The Balaban J connectivity index is 1.57. The number of esters is 1. The van der Waals surface area contributed by atoms with E-state index in [0.717, 1.165) is 23.1 Å². The molecule has 2 aromatic carbocycles. The number of hydrogen-bond donors (Lipinski definition) is 0. The molecule has 2 aromatic rings. The molecular weight excluding hydrogens is 366 g/mol. The molecule has 0 spiro atoms. The second-order valence-electron chi connectivity index (χ2n) is 8.11. The van der Waals surface area contributed by atoms with Crippen molar-refractivity contribution in [2.75, 3.05) is 6.54 Å². The van der Waals surface area contributed by atoms with Crippen molar-refractivity contribution in [1.82, 2.24) is 4.90 Å². The minimum Gasteiger partial charge on any atom is -0.457 e. The smallest absolute Gasteiger partial charge is 0.410 e. The van der Waals surface area contributed by atoms with E-state index in [9.17, 15) is 9.59 Å². The molecule has 0 saturated carbocycles. The topological polar surface area (TPSA) is 55.8 Å². The fourth-order valence-corrected chi connectivity index (χ4v) is 3.14. The summed E-state index contributed by atoms with van der Waals surface area (Å²) in [6.45, 7) is 6.94. The van der Waals surface area contributed by atoms with Crippen LogP contribution in [-0.2, 0) is 33.8 Å². The zero-order valence-electron chi connectivity index (χ0n) is 17.2. The Hall–Kier alpha value is -3.08. The number of carbonyl (C=O) groups excluding carboxylic acids is 2. The average Bonchev–Trinajstić information content (AvgIpc) is 2.69. The summed E-state index contributed by atoms with van der Waals surface area (Å²) in [4.78, 5) is 25.9. The normalized spacial score (nSPS) is 13.8. The van der Waals surface area contributed by atoms with Crippen LogP contribution in [0, 0.1) is 0 Å². The van der Waals surface area contributed by atoms with Gasteiger partial charge < -0.3 is 14.4 Å². The van der Waals surface area contributed by atoms with Crippen LogP contribution in [0.2, 0.25) is 0 Å². The van der Waals surface area contributed by atoms with Gasteiger partial charge in [-0.2, -0.15) is 0 Å². The molecule has 0 atom stereocenters. The Kier molecular flexibility index (Phi) is 6.37. The van der Waals surface area contributed by atoms with Crippen LogP contribution in [0.5, 0.6) is 0 Å². The number of fused-ring (bicyclic) bond motifs is 1. The Morgan fingerprint density at radius 3 is 2.55 bits per heavy atom. The van der Waals surface area contributed by atoms with E-state index in [1.54, 1.807) is 11.0 Å². The van der Waals surface area contributed by atoms with Gasteiger partial charge in [-0.1, -0.05) is 48.5 Å². The fraction of sp³-hybridized carbons (Fsp3) is 0.333. The molecule has 1 aliphatic heterocycles. The van der Waals surface area contributed by atoms with Crippen LogP contribution in [0.15, 0.2) is 54.6 Å². The molecule has 0 N–H and O–H groups in total. The predicted octanol–water partition coefficient (Wildman–Crippen LogP) is 4.74. The molecule has 1 heterocycles. The third-order valence-electron chi connectivity index (χ3n) is 4.52. The summed E-state index contributed by atoms with van der Waals surface area (Å²) >= 11 is 0. The highest BCUT2D eigenvalue weighted by atomic mass is 16.6. The van der Waals surface area contributed by atoms with Crippen LogP contribution in [0.1, 0.15) is 43.0 Å². The molecule has 0 radical (unpaired) electrons. The number of benzene rings is 2. The SMILES string of the molecule is CC(C)(C)OC(=O)/C=C/c1ccc2c(c1)CCN(C(=O)OCc1ccccc1)C2. The van der Waals surface area contributed by atoms with Crippen molar-refractivity contribution >= 4 is 18.1 Å². The lowest BCUT2D eigenvalue weighted by molar-refractivity contribution is -0.148. The molecule has 1 aliphatic rings.